The van der Waals surface area contributed by atoms with E-state index in [1.54, 1.807) is 0 Å². The van der Waals surface area contributed by atoms with Crippen molar-refractivity contribution in [3.8, 4) is 0 Å². The number of rotatable bonds is 1. The second-order valence-corrected chi connectivity index (χ2v) is 1.37. The molecule has 0 aliphatic rings. The summed E-state index contributed by atoms with van der Waals surface area (Å²) >= 11 is 0. The molecule has 1 nitrogen and oxygen atoms in total. The minimum atomic E-state index is 0.318. The summed E-state index contributed by atoms with van der Waals surface area (Å²) in [6.45, 7) is 0. The first kappa shape index (κ1) is 5.23. The van der Waals surface area contributed by atoms with Gasteiger partial charge in [-0.3, -0.25) is 0 Å². The number of nitrogens with one attached hydrogen (secondary N) is 1. The molecule has 0 unspecified atom stereocenters. The van der Waals surface area contributed by atoms with Crippen LogP contribution in [0.2, 0.25) is 0 Å². The molecule has 1 N–H and O–H groups in total. The lowest BCUT2D eigenvalue weighted by atomic mass is 10.3. The van der Waals surface area contributed by atoms with Crippen molar-refractivity contribution in [3.63, 3.8) is 0 Å². The molecular weight excluding hydrogens is 96.9 g/mol. The number of hydrogen-bond acceptors (Lipinski definition) is 1. The molecular formula is C6H9BN-. The molecule has 0 amide bonds. The zero-order chi connectivity index (χ0) is 5.82. The Morgan fingerprint density at radius 1 is 1.12 bits per heavy atom. The highest BCUT2D eigenvalue weighted by Gasteiger charge is 1.74. The molecule has 42 valence electrons. The Labute approximate surface area is 50.2 Å². The van der Waals surface area contributed by atoms with Crippen molar-refractivity contribution in [2.75, 3.05) is 5.23 Å². The molecule has 0 aliphatic heterocycles. The summed E-state index contributed by atoms with van der Waals surface area (Å²) < 4.78 is 0. The smallest absolute Gasteiger partial charge is 0.0376 e. The summed E-state index contributed by atoms with van der Waals surface area (Å²) in [5.41, 5.74) is 1.27. The lowest BCUT2D eigenvalue weighted by Crippen LogP contribution is -1.87. The normalized spacial score (nSPS) is 8.62. The maximum Gasteiger partial charge on any atom is 0.0376 e. The topological polar surface area (TPSA) is 12.0 Å². The van der Waals surface area contributed by atoms with Gasteiger partial charge in [-0.25, -0.2) is 0 Å². The molecule has 8 heavy (non-hydrogen) atoms. The predicted molar refractivity (Wildman–Crippen MR) is 40.0 cm³/mol. The molecule has 0 heterocycles. The Morgan fingerprint density at radius 2 is 1.75 bits per heavy atom. The molecule has 1 aromatic carbocycles. The summed E-state index contributed by atoms with van der Waals surface area (Å²) in [5, 5.41) is 3.28. The lowest BCUT2D eigenvalue weighted by molar-refractivity contribution is 1.68. The van der Waals surface area contributed by atoms with E-state index in [1.807, 2.05) is 18.2 Å². The number of benzene rings is 1. The molecule has 0 saturated heterocycles. The van der Waals surface area contributed by atoms with Gasteiger partial charge in [-0.2, -0.15) is 0 Å². The highest BCUT2D eigenvalue weighted by atomic mass is 14.7. The molecule has 0 atom stereocenters. The fourth-order valence-corrected chi connectivity index (χ4v) is 0.438. The van der Waals surface area contributed by atoms with Crippen molar-refractivity contribution in [2.45, 2.75) is 0 Å². The molecule has 0 aromatic heterocycles. The molecule has 1 aromatic rings. The summed E-state index contributed by atoms with van der Waals surface area (Å²) in [4.78, 5) is 0. The number of para-hydroxylation sites is 1. The van der Waals surface area contributed by atoms with Crippen LogP contribution in [-0.2, 0) is 0 Å². The Bertz CT molecular complexity index is 150. The van der Waals surface area contributed by atoms with E-state index in [1.165, 1.54) is 5.69 Å². The summed E-state index contributed by atoms with van der Waals surface area (Å²) in [5.74, 6) is 0. The third-order valence-electron chi connectivity index (χ3n) is 0.774. The second kappa shape index (κ2) is 2.41. The van der Waals surface area contributed by atoms with Gasteiger partial charge in [-0.15, -0.1) is 0 Å². The van der Waals surface area contributed by atoms with E-state index in [9.17, 15) is 0 Å². The van der Waals surface area contributed by atoms with Crippen LogP contribution < -0.4 is 5.23 Å². The van der Waals surface area contributed by atoms with Gasteiger partial charge in [0.15, 0.2) is 0 Å². The van der Waals surface area contributed by atoms with Crippen molar-refractivity contribution in [2.24, 2.45) is 0 Å². The number of hydrogen-bond donors (Lipinski definition) is 1. The first-order valence-electron chi connectivity index (χ1n) is 2.16. The van der Waals surface area contributed by atoms with Crippen LogP contribution in [0.15, 0.2) is 30.3 Å². The van der Waals surface area contributed by atoms with Crippen LogP contribution in [-0.4, -0.2) is 7.98 Å². The van der Waals surface area contributed by atoms with Gasteiger partial charge in [0.05, 0.1) is 0 Å². The fourth-order valence-electron chi connectivity index (χ4n) is 0.438. The molecule has 1 rings (SSSR count). The molecule has 0 bridgehead atoms. The van der Waals surface area contributed by atoms with Crippen molar-refractivity contribution >= 4 is 13.7 Å². The van der Waals surface area contributed by atoms with Crippen LogP contribution in [0.3, 0.4) is 0 Å². The largest absolute Gasteiger partial charge is 0.567 e. The van der Waals surface area contributed by atoms with Crippen LogP contribution in [0, 0.1) is 0 Å². The maximum atomic E-state index is 3.28. The summed E-state index contributed by atoms with van der Waals surface area (Å²) in [6, 6.07) is 10.3. The highest BCUT2D eigenvalue weighted by molar-refractivity contribution is 6.15. The molecule has 0 spiro atoms. The predicted octanol–water partition coefficient (Wildman–Crippen LogP) is 0.379. The molecule has 0 saturated carbocycles. The molecule has 0 radical (unpaired) electrons. The van der Waals surface area contributed by atoms with E-state index < -0.39 is 0 Å². The van der Waals surface area contributed by atoms with Crippen LogP contribution in [0.4, 0.5) is 5.69 Å². The van der Waals surface area contributed by atoms with E-state index in [2.05, 4.69) is 17.4 Å². The SMILES string of the molecule is [BH3-]Nc1ccccc1. The van der Waals surface area contributed by atoms with Gasteiger partial charge in [-0.1, -0.05) is 18.2 Å². The zero-order valence-corrected chi connectivity index (χ0v) is 3.89. The lowest BCUT2D eigenvalue weighted by Gasteiger charge is -2.00. The van der Waals surface area contributed by atoms with Gasteiger partial charge >= 0.3 is 0 Å². The van der Waals surface area contributed by atoms with E-state index in [0.717, 1.165) is 0 Å². The van der Waals surface area contributed by atoms with Crippen molar-refractivity contribution in [1.82, 2.24) is 0 Å². The van der Waals surface area contributed by atoms with Gasteiger partial charge in [0.25, 0.3) is 0 Å². The van der Waals surface area contributed by atoms with Gasteiger partial charge in [0.2, 0.25) is 0 Å². The van der Waals surface area contributed by atoms with Gasteiger partial charge in [-0.05, 0) is 17.8 Å². The van der Waals surface area contributed by atoms with Gasteiger partial charge in [0, 0.05) is 7.98 Å². The maximum absolute atomic E-state index is 3.28. The van der Waals surface area contributed by atoms with E-state index >= 15 is 0 Å². The number of anilines is 1. The quantitative estimate of drug-likeness (QED) is 0.510. The van der Waals surface area contributed by atoms with Crippen molar-refractivity contribution < 1.29 is 0 Å². The standard InChI is InChI=1S/C6H9BN/c7-8-6-4-2-1-3-5-6/h1-5,8H,7H3/q-1. The average Bonchev–Trinajstić information content (AvgIpc) is 1.90. The van der Waals surface area contributed by atoms with E-state index in [0.29, 0.717) is 7.98 Å². The zero-order valence-electron chi connectivity index (χ0n) is 3.89. The van der Waals surface area contributed by atoms with Crippen LogP contribution in [0.25, 0.3) is 0 Å². The molecule has 0 fully saturated rings. The minimum absolute atomic E-state index is 0.318. The fraction of sp³-hybridized carbons (Fsp3) is 0. The van der Waals surface area contributed by atoms with Crippen LogP contribution in [0.5, 0.6) is 0 Å². The van der Waals surface area contributed by atoms with Crippen molar-refractivity contribution in [1.29, 1.82) is 0 Å². The van der Waals surface area contributed by atoms with Crippen molar-refractivity contribution in [3.05, 3.63) is 30.3 Å². The van der Waals surface area contributed by atoms with Gasteiger partial charge in [0.1, 0.15) is 0 Å². The summed E-state index contributed by atoms with van der Waals surface area (Å²) in [6.07, 6.45) is 0. The third kappa shape index (κ3) is 1.03. The second-order valence-electron chi connectivity index (χ2n) is 1.37. The van der Waals surface area contributed by atoms with E-state index in [4.69, 9.17) is 0 Å². The Balaban J connectivity index is 2.83. The Kier molecular flexibility index (Phi) is 1.57. The molecule has 0 aliphatic carbocycles. The first-order chi connectivity index (χ1) is 3.93. The monoisotopic (exact) mass is 106 g/mol. The van der Waals surface area contributed by atoms with E-state index in [-0.39, 0.29) is 0 Å². The molecule has 2 heteroatoms. The average molecular weight is 106 g/mol. The first-order valence-corrected chi connectivity index (χ1v) is 2.16. The van der Waals surface area contributed by atoms with Crippen LogP contribution in [0.1, 0.15) is 0 Å². The Hall–Kier alpha value is -0.915. The van der Waals surface area contributed by atoms with Crippen LogP contribution >= 0.6 is 0 Å². The highest BCUT2D eigenvalue weighted by Crippen LogP contribution is 2.01. The minimum Gasteiger partial charge on any atom is -0.567 e. The Morgan fingerprint density at radius 3 is 2.12 bits per heavy atom. The van der Waals surface area contributed by atoms with Gasteiger partial charge < -0.3 is 5.23 Å². The third-order valence-corrected chi connectivity index (χ3v) is 0.774. The summed E-state index contributed by atoms with van der Waals surface area (Å²) in [7, 11) is 0.318.